The summed E-state index contributed by atoms with van der Waals surface area (Å²) in [6.07, 6.45) is 4.71. The van der Waals surface area contributed by atoms with Crippen LogP contribution in [0, 0.1) is 0 Å². The lowest BCUT2D eigenvalue weighted by molar-refractivity contribution is 0.849. The number of aromatic nitrogens is 2. The Hall–Kier alpha value is -1.01. The van der Waals surface area contributed by atoms with E-state index in [9.17, 15) is 0 Å². The van der Waals surface area contributed by atoms with Gasteiger partial charge in [-0.3, -0.25) is 0 Å². The molecule has 0 spiro atoms. The molecule has 1 aromatic rings. The number of nitrogens with zero attached hydrogens (tertiary/aromatic N) is 2. The van der Waals surface area contributed by atoms with Gasteiger partial charge in [0.2, 0.25) is 0 Å². The number of nitrogens with two attached hydrogens (primary N) is 1. The third-order valence-corrected chi connectivity index (χ3v) is 3.11. The van der Waals surface area contributed by atoms with Gasteiger partial charge < -0.3 is 10.7 Å². The second kappa shape index (κ2) is 6.47. The van der Waals surface area contributed by atoms with Crippen LogP contribution < -0.4 is 16.6 Å². The number of rotatable bonds is 6. The van der Waals surface area contributed by atoms with E-state index in [-0.39, 0.29) is 0 Å². The highest BCUT2D eigenvalue weighted by molar-refractivity contribution is 7.99. The van der Waals surface area contributed by atoms with Crippen molar-refractivity contribution in [2.24, 2.45) is 5.84 Å². The summed E-state index contributed by atoms with van der Waals surface area (Å²) in [4.78, 5) is 8.01. The average Bonchev–Trinajstić information content (AvgIpc) is 2.29. The lowest BCUT2D eigenvalue weighted by Gasteiger charge is -2.09. The summed E-state index contributed by atoms with van der Waals surface area (Å²) in [7, 11) is 0. The van der Waals surface area contributed by atoms with E-state index in [1.165, 1.54) is 6.33 Å². The van der Waals surface area contributed by atoms with Gasteiger partial charge in [-0.05, 0) is 12.7 Å². The van der Waals surface area contributed by atoms with Gasteiger partial charge in [0.25, 0.3) is 0 Å². The Kier molecular flexibility index (Phi) is 5.20. The third kappa shape index (κ3) is 4.35. The largest absolute Gasteiger partial charge is 0.370 e. The Morgan fingerprint density at radius 2 is 2.20 bits per heavy atom. The van der Waals surface area contributed by atoms with Crippen molar-refractivity contribution in [2.75, 3.05) is 23.5 Å². The van der Waals surface area contributed by atoms with Crippen molar-refractivity contribution in [3.63, 3.8) is 0 Å². The minimum Gasteiger partial charge on any atom is -0.370 e. The molecular formula is C9H17N5S. The van der Waals surface area contributed by atoms with Crippen molar-refractivity contribution in [3.8, 4) is 0 Å². The molecule has 0 aliphatic carbocycles. The second-order valence-corrected chi connectivity index (χ2v) is 4.47. The number of nitrogens with one attached hydrogen (secondary N) is 2. The SMILES string of the molecule is CSC(C)CCNc1cc(NN)ncn1. The first-order chi connectivity index (χ1) is 7.26. The van der Waals surface area contributed by atoms with E-state index in [0.717, 1.165) is 18.8 Å². The molecule has 1 rings (SSSR count). The number of hydrogen-bond acceptors (Lipinski definition) is 6. The van der Waals surface area contributed by atoms with Crippen molar-refractivity contribution in [3.05, 3.63) is 12.4 Å². The minimum absolute atomic E-state index is 0.616. The number of thioether (sulfide) groups is 1. The zero-order valence-electron chi connectivity index (χ0n) is 9.03. The van der Waals surface area contributed by atoms with Gasteiger partial charge in [0, 0.05) is 17.9 Å². The molecule has 0 aliphatic rings. The Labute approximate surface area is 94.2 Å². The zero-order valence-corrected chi connectivity index (χ0v) is 9.84. The molecule has 6 heteroatoms. The highest BCUT2D eigenvalue weighted by Gasteiger charge is 2.00. The molecule has 0 aliphatic heterocycles. The monoisotopic (exact) mass is 227 g/mol. The van der Waals surface area contributed by atoms with Crippen LogP contribution in [0.4, 0.5) is 11.6 Å². The molecule has 1 aromatic heterocycles. The lowest BCUT2D eigenvalue weighted by atomic mass is 10.3. The Bertz CT molecular complexity index is 294. The molecule has 1 heterocycles. The van der Waals surface area contributed by atoms with E-state index < -0.39 is 0 Å². The normalized spacial score (nSPS) is 12.2. The summed E-state index contributed by atoms with van der Waals surface area (Å²) in [5.74, 6) is 6.66. The molecule has 4 N–H and O–H groups in total. The summed E-state index contributed by atoms with van der Waals surface area (Å²) in [6.45, 7) is 3.11. The third-order valence-electron chi connectivity index (χ3n) is 2.07. The molecule has 0 radical (unpaired) electrons. The molecule has 0 saturated heterocycles. The van der Waals surface area contributed by atoms with Crippen LogP contribution in [0.1, 0.15) is 13.3 Å². The average molecular weight is 227 g/mol. The molecule has 1 unspecified atom stereocenters. The molecule has 1 atom stereocenters. The maximum Gasteiger partial charge on any atom is 0.145 e. The topological polar surface area (TPSA) is 75.9 Å². The van der Waals surface area contributed by atoms with Gasteiger partial charge in [-0.2, -0.15) is 11.8 Å². The van der Waals surface area contributed by atoms with Gasteiger partial charge >= 0.3 is 0 Å². The first-order valence-corrected chi connectivity index (χ1v) is 6.10. The van der Waals surface area contributed by atoms with Crippen LogP contribution in [0.5, 0.6) is 0 Å². The van der Waals surface area contributed by atoms with Crippen LogP contribution in [0.2, 0.25) is 0 Å². The number of hydrogen-bond donors (Lipinski definition) is 3. The summed E-state index contributed by atoms with van der Waals surface area (Å²) in [6, 6.07) is 1.78. The number of nitrogen functional groups attached to an aromatic ring is 1. The summed E-state index contributed by atoms with van der Waals surface area (Å²) in [5.41, 5.74) is 2.48. The van der Waals surface area contributed by atoms with Gasteiger partial charge in [-0.25, -0.2) is 15.8 Å². The predicted molar refractivity (Wildman–Crippen MR) is 65.9 cm³/mol. The van der Waals surface area contributed by atoms with Crippen LogP contribution >= 0.6 is 11.8 Å². The van der Waals surface area contributed by atoms with Crippen molar-refractivity contribution < 1.29 is 0 Å². The zero-order chi connectivity index (χ0) is 11.1. The minimum atomic E-state index is 0.616. The molecule has 84 valence electrons. The molecule has 0 saturated carbocycles. The quantitative estimate of drug-likeness (QED) is 0.502. The van der Waals surface area contributed by atoms with Crippen LogP contribution in [0.25, 0.3) is 0 Å². The summed E-state index contributed by atoms with van der Waals surface area (Å²) < 4.78 is 0. The first kappa shape index (κ1) is 12.1. The van der Waals surface area contributed by atoms with Crippen molar-refractivity contribution in [2.45, 2.75) is 18.6 Å². The van der Waals surface area contributed by atoms with Gasteiger partial charge in [-0.15, -0.1) is 0 Å². The van der Waals surface area contributed by atoms with Crippen LogP contribution in [-0.4, -0.2) is 28.0 Å². The van der Waals surface area contributed by atoms with Crippen molar-refractivity contribution >= 4 is 23.4 Å². The van der Waals surface area contributed by atoms with Crippen molar-refractivity contribution in [1.29, 1.82) is 0 Å². The lowest BCUT2D eigenvalue weighted by Crippen LogP contribution is -2.11. The fourth-order valence-corrected chi connectivity index (χ4v) is 1.41. The second-order valence-electron chi connectivity index (χ2n) is 3.19. The van der Waals surface area contributed by atoms with Gasteiger partial charge in [-0.1, -0.05) is 6.92 Å². The smallest absolute Gasteiger partial charge is 0.145 e. The number of anilines is 2. The Morgan fingerprint density at radius 3 is 2.87 bits per heavy atom. The van der Waals surface area contributed by atoms with Gasteiger partial charge in [0.1, 0.15) is 18.0 Å². The molecular weight excluding hydrogens is 210 g/mol. The first-order valence-electron chi connectivity index (χ1n) is 4.81. The highest BCUT2D eigenvalue weighted by atomic mass is 32.2. The molecule has 0 bridgehead atoms. The van der Waals surface area contributed by atoms with Crippen LogP contribution in [0.3, 0.4) is 0 Å². The standard InChI is InChI=1S/C9H17N5S/c1-7(15-2)3-4-11-8-5-9(14-10)13-6-12-8/h5-7H,3-4,10H2,1-2H3,(H2,11,12,13,14). The van der Waals surface area contributed by atoms with Crippen LogP contribution in [-0.2, 0) is 0 Å². The van der Waals surface area contributed by atoms with Crippen molar-refractivity contribution in [1.82, 2.24) is 9.97 Å². The fraction of sp³-hybridized carbons (Fsp3) is 0.556. The summed E-state index contributed by atoms with van der Waals surface area (Å²) >= 11 is 1.86. The predicted octanol–water partition coefficient (Wildman–Crippen LogP) is 1.32. The Morgan fingerprint density at radius 1 is 1.47 bits per heavy atom. The summed E-state index contributed by atoms with van der Waals surface area (Å²) in [5, 5.41) is 3.88. The fourth-order valence-electron chi connectivity index (χ4n) is 1.05. The van der Waals surface area contributed by atoms with Gasteiger partial charge in [0.15, 0.2) is 0 Å². The number of hydrazine groups is 1. The van der Waals surface area contributed by atoms with E-state index in [1.54, 1.807) is 6.07 Å². The van der Waals surface area contributed by atoms with E-state index in [2.05, 4.69) is 33.9 Å². The van der Waals surface area contributed by atoms with E-state index in [1.807, 2.05) is 11.8 Å². The van der Waals surface area contributed by atoms with E-state index in [0.29, 0.717) is 11.1 Å². The van der Waals surface area contributed by atoms with E-state index in [4.69, 9.17) is 5.84 Å². The van der Waals surface area contributed by atoms with Crippen LogP contribution in [0.15, 0.2) is 12.4 Å². The highest BCUT2D eigenvalue weighted by Crippen LogP contribution is 2.11. The molecule has 0 amide bonds. The molecule has 0 aromatic carbocycles. The molecule has 15 heavy (non-hydrogen) atoms. The van der Waals surface area contributed by atoms with E-state index >= 15 is 0 Å². The van der Waals surface area contributed by atoms with Gasteiger partial charge in [0.05, 0.1) is 0 Å². The molecule has 0 fully saturated rings. The maximum absolute atomic E-state index is 5.25. The molecule has 5 nitrogen and oxygen atoms in total. The Balaban J connectivity index is 2.37. The maximum atomic E-state index is 5.25.